The molecular formula is C22H23FN4O2. The molecule has 1 aromatic heterocycles. The minimum absolute atomic E-state index is 0.0538. The second-order valence-electron chi connectivity index (χ2n) is 7.15. The highest BCUT2D eigenvalue weighted by molar-refractivity contribution is 5.81. The normalized spacial score (nSPS) is 15.3. The van der Waals surface area contributed by atoms with Crippen molar-refractivity contribution < 1.29 is 13.9 Å². The Hall–Kier alpha value is -3.35. The lowest BCUT2D eigenvalue weighted by atomic mass is 10.0. The maximum atomic E-state index is 14.6. The number of aromatic nitrogens is 2. The molecule has 2 heterocycles. The summed E-state index contributed by atoms with van der Waals surface area (Å²) in [6, 6.07) is 14.3. The monoisotopic (exact) mass is 394 g/mol. The fourth-order valence-electron chi connectivity index (χ4n) is 3.58. The molecule has 2 N–H and O–H groups in total. The molecule has 2 aromatic carbocycles. The molecule has 0 fully saturated rings. The van der Waals surface area contributed by atoms with Crippen LogP contribution in [0.3, 0.4) is 0 Å². The molecule has 4 rings (SSSR count). The van der Waals surface area contributed by atoms with E-state index in [1.165, 1.54) is 6.07 Å². The Balaban J connectivity index is 1.39. The number of anilines is 1. The van der Waals surface area contributed by atoms with Crippen LogP contribution in [0.5, 0.6) is 5.75 Å². The Labute approximate surface area is 168 Å². The van der Waals surface area contributed by atoms with Crippen LogP contribution in [0.4, 0.5) is 10.1 Å². The van der Waals surface area contributed by atoms with Crippen LogP contribution in [0, 0.1) is 19.7 Å². The van der Waals surface area contributed by atoms with Gasteiger partial charge in [0, 0.05) is 23.4 Å². The molecule has 0 saturated carbocycles. The molecule has 0 saturated heterocycles. The van der Waals surface area contributed by atoms with Gasteiger partial charge in [-0.2, -0.15) is 5.10 Å². The molecule has 0 spiro atoms. The quantitative estimate of drug-likeness (QED) is 0.693. The van der Waals surface area contributed by atoms with Gasteiger partial charge in [-0.05, 0) is 44.2 Å². The SMILES string of the molecule is Cc1cc(C)n(-c2ccc(NCC(=O)NC3CCOc4ccccc43)cc2F)n1. The van der Waals surface area contributed by atoms with Crippen LogP contribution >= 0.6 is 0 Å². The maximum absolute atomic E-state index is 14.6. The second-order valence-corrected chi connectivity index (χ2v) is 7.15. The number of carbonyl (C=O) groups is 1. The fourth-order valence-corrected chi connectivity index (χ4v) is 3.58. The van der Waals surface area contributed by atoms with Crippen LogP contribution in [0.2, 0.25) is 0 Å². The standard InChI is InChI=1S/C22H23FN4O2/c1-14-11-15(2)27(26-14)20-8-7-16(12-18(20)23)24-13-22(28)25-19-9-10-29-21-6-4-3-5-17(19)21/h3-8,11-12,19,24H,9-10,13H2,1-2H3,(H,25,28). The summed E-state index contributed by atoms with van der Waals surface area (Å²) in [4.78, 5) is 12.4. The van der Waals surface area contributed by atoms with E-state index in [-0.39, 0.29) is 18.5 Å². The van der Waals surface area contributed by atoms with E-state index in [0.717, 1.165) is 22.7 Å². The van der Waals surface area contributed by atoms with Crippen LogP contribution in [0.25, 0.3) is 5.69 Å². The molecule has 29 heavy (non-hydrogen) atoms. The predicted molar refractivity (Wildman–Crippen MR) is 109 cm³/mol. The Morgan fingerprint density at radius 2 is 2.07 bits per heavy atom. The van der Waals surface area contributed by atoms with E-state index < -0.39 is 5.82 Å². The van der Waals surface area contributed by atoms with E-state index in [9.17, 15) is 9.18 Å². The zero-order chi connectivity index (χ0) is 20.4. The second kappa shape index (κ2) is 7.95. The van der Waals surface area contributed by atoms with Crippen molar-refractivity contribution in [2.24, 2.45) is 0 Å². The fraction of sp³-hybridized carbons (Fsp3) is 0.273. The van der Waals surface area contributed by atoms with Crippen molar-refractivity contribution in [1.29, 1.82) is 0 Å². The molecule has 1 aliphatic rings. The largest absolute Gasteiger partial charge is 0.493 e. The number of nitrogens with one attached hydrogen (secondary N) is 2. The summed E-state index contributed by atoms with van der Waals surface area (Å²) >= 11 is 0. The van der Waals surface area contributed by atoms with Gasteiger partial charge in [0.15, 0.2) is 5.82 Å². The molecule has 1 amide bonds. The number of ether oxygens (including phenoxy) is 1. The number of para-hydroxylation sites is 1. The Morgan fingerprint density at radius 1 is 1.24 bits per heavy atom. The lowest BCUT2D eigenvalue weighted by Gasteiger charge is -2.26. The van der Waals surface area contributed by atoms with Gasteiger partial charge in [-0.15, -0.1) is 0 Å². The van der Waals surface area contributed by atoms with Gasteiger partial charge < -0.3 is 15.4 Å². The maximum Gasteiger partial charge on any atom is 0.239 e. The lowest BCUT2D eigenvalue weighted by Crippen LogP contribution is -2.35. The van der Waals surface area contributed by atoms with E-state index in [0.29, 0.717) is 24.4 Å². The van der Waals surface area contributed by atoms with Gasteiger partial charge in [-0.3, -0.25) is 4.79 Å². The highest BCUT2D eigenvalue weighted by Crippen LogP contribution is 2.31. The van der Waals surface area contributed by atoms with Crippen LogP contribution in [-0.4, -0.2) is 28.8 Å². The minimum Gasteiger partial charge on any atom is -0.493 e. The summed E-state index contributed by atoms with van der Waals surface area (Å²) in [6.07, 6.45) is 0.717. The van der Waals surface area contributed by atoms with E-state index in [4.69, 9.17) is 4.74 Å². The number of nitrogens with zero attached hydrogens (tertiary/aromatic N) is 2. The molecular weight excluding hydrogens is 371 g/mol. The van der Waals surface area contributed by atoms with Gasteiger partial charge in [0.1, 0.15) is 11.4 Å². The van der Waals surface area contributed by atoms with Gasteiger partial charge in [0.2, 0.25) is 5.91 Å². The first kappa shape index (κ1) is 19.0. The Kier molecular flexibility index (Phi) is 5.20. The molecule has 0 radical (unpaired) electrons. The minimum atomic E-state index is -0.403. The molecule has 6 nitrogen and oxygen atoms in total. The number of fused-ring (bicyclic) bond motifs is 1. The Morgan fingerprint density at radius 3 is 2.83 bits per heavy atom. The molecule has 7 heteroatoms. The number of benzene rings is 2. The highest BCUT2D eigenvalue weighted by Gasteiger charge is 2.22. The first-order chi connectivity index (χ1) is 14.0. The Bertz CT molecular complexity index is 1050. The van der Waals surface area contributed by atoms with Crippen LogP contribution in [0.15, 0.2) is 48.5 Å². The number of aryl methyl sites for hydroxylation is 2. The first-order valence-corrected chi connectivity index (χ1v) is 9.59. The van der Waals surface area contributed by atoms with Crippen LogP contribution in [-0.2, 0) is 4.79 Å². The van der Waals surface area contributed by atoms with E-state index >= 15 is 0 Å². The van der Waals surface area contributed by atoms with Crippen molar-refractivity contribution >= 4 is 11.6 Å². The molecule has 1 unspecified atom stereocenters. The van der Waals surface area contributed by atoms with Crippen molar-refractivity contribution in [2.75, 3.05) is 18.5 Å². The topological polar surface area (TPSA) is 68.2 Å². The zero-order valence-electron chi connectivity index (χ0n) is 16.4. The summed E-state index contributed by atoms with van der Waals surface area (Å²) in [7, 11) is 0. The summed E-state index contributed by atoms with van der Waals surface area (Å²) in [5.41, 5.74) is 3.58. The zero-order valence-corrected chi connectivity index (χ0v) is 16.4. The third-order valence-corrected chi connectivity index (χ3v) is 4.93. The van der Waals surface area contributed by atoms with Crippen molar-refractivity contribution in [3.8, 4) is 11.4 Å². The van der Waals surface area contributed by atoms with Crippen LogP contribution < -0.4 is 15.4 Å². The van der Waals surface area contributed by atoms with Crippen molar-refractivity contribution in [3.63, 3.8) is 0 Å². The smallest absolute Gasteiger partial charge is 0.239 e. The molecule has 0 aliphatic carbocycles. The number of rotatable bonds is 5. The van der Waals surface area contributed by atoms with Crippen molar-refractivity contribution in [2.45, 2.75) is 26.3 Å². The molecule has 3 aromatic rings. The third kappa shape index (κ3) is 4.08. The average molecular weight is 394 g/mol. The van der Waals surface area contributed by atoms with Gasteiger partial charge >= 0.3 is 0 Å². The van der Waals surface area contributed by atoms with E-state index in [1.807, 2.05) is 44.2 Å². The third-order valence-electron chi connectivity index (χ3n) is 4.93. The molecule has 0 bridgehead atoms. The summed E-state index contributed by atoms with van der Waals surface area (Å²) in [6.45, 7) is 4.36. The van der Waals surface area contributed by atoms with Crippen molar-refractivity contribution in [1.82, 2.24) is 15.1 Å². The number of amides is 1. The van der Waals surface area contributed by atoms with Gasteiger partial charge in [-0.1, -0.05) is 18.2 Å². The number of hydrogen-bond acceptors (Lipinski definition) is 4. The number of carbonyl (C=O) groups excluding carboxylic acids is 1. The van der Waals surface area contributed by atoms with E-state index in [2.05, 4.69) is 15.7 Å². The van der Waals surface area contributed by atoms with Crippen molar-refractivity contribution in [3.05, 3.63) is 71.3 Å². The van der Waals surface area contributed by atoms with Gasteiger partial charge in [0.25, 0.3) is 0 Å². The molecule has 1 aliphatic heterocycles. The first-order valence-electron chi connectivity index (χ1n) is 9.59. The highest BCUT2D eigenvalue weighted by atomic mass is 19.1. The van der Waals surface area contributed by atoms with Gasteiger partial charge in [-0.25, -0.2) is 9.07 Å². The summed E-state index contributed by atoms with van der Waals surface area (Å²) < 4.78 is 21.8. The molecule has 1 atom stereocenters. The summed E-state index contributed by atoms with van der Waals surface area (Å²) in [5.74, 6) is 0.244. The predicted octanol–water partition coefficient (Wildman–Crippen LogP) is 3.68. The van der Waals surface area contributed by atoms with Crippen LogP contribution in [0.1, 0.15) is 29.4 Å². The van der Waals surface area contributed by atoms with E-state index in [1.54, 1.807) is 16.8 Å². The summed E-state index contributed by atoms with van der Waals surface area (Å²) in [5, 5.41) is 10.3. The average Bonchev–Trinajstić information content (AvgIpc) is 3.04. The molecule has 150 valence electrons. The van der Waals surface area contributed by atoms with Gasteiger partial charge in [0.05, 0.1) is 24.9 Å². The lowest BCUT2D eigenvalue weighted by molar-refractivity contribution is -0.120. The number of halogens is 1. The number of hydrogen-bond donors (Lipinski definition) is 2.